The van der Waals surface area contributed by atoms with E-state index in [1.54, 1.807) is 10.8 Å². The third-order valence-corrected chi connectivity index (χ3v) is 4.73. The van der Waals surface area contributed by atoms with Crippen molar-refractivity contribution in [3.8, 4) is 0 Å². The number of carbonyl (C=O) groups excluding carboxylic acids is 1. The minimum atomic E-state index is -1.13. The first-order chi connectivity index (χ1) is 10.5. The Morgan fingerprint density at radius 3 is 2.91 bits per heavy atom. The SMILES string of the molecule is CCc1cc2c(C3=NNC(=O)CC3C)ccc([S+](C)[O-])n2n1. The van der Waals surface area contributed by atoms with E-state index in [0.29, 0.717) is 11.4 Å². The second-order valence-corrected chi connectivity index (χ2v) is 6.79. The van der Waals surface area contributed by atoms with Gasteiger partial charge in [-0.05, 0) is 18.6 Å². The molecule has 2 atom stereocenters. The molecule has 7 heteroatoms. The van der Waals surface area contributed by atoms with Gasteiger partial charge in [0.1, 0.15) is 6.26 Å². The third-order valence-electron chi connectivity index (χ3n) is 3.83. The first-order valence-electron chi connectivity index (χ1n) is 7.23. The van der Waals surface area contributed by atoms with Gasteiger partial charge in [-0.2, -0.15) is 14.7 Å². The molecular weight excluding hydrogens is 300 g/mol. The lowest BCUT2D eigenvalue weighted by molar-refractivity contribution is -0.121. The summed E-state index contributed by atoms with van der Waals surface area (Å²) in [5.74, 6) is -0.0307. The third kappa shape index (κ3) is 2.50. The van der Waals surface area contributed by atoms with Crippen molar-refractivity contribution >= 4 is 28.3 Å². The van der Waals surface area contributed by atoms with Gasteiger partial charge in [0.2, 0.25) is 10.9 Å². The van der Waals surface area contributed by atoms with Crippen molar-refractivity contribution in [1.82, 2.24) is 15.0 Å². The van der Waals surface area contributed by atoms with Crippen LogP contribution in [0, 0.1) is 5.92 Å². The van der Waals surface area contributed by atoms with E-state index in [-0.39, 0.29) is 11.8 Å². The number of hydrogen-bond donors (Lipinski definition) is 1. The van der Waals surface area contributed by atoms with E-state index in [4.69, 9.17) is 0 Å². The molecule has 1 N–H and O–H groups in total. The van der Waals surface area contributed by atoms with Crippen LogP contribution in [0.1, 0.15) is 31.5 Å². The van der Waals surface area contributed by atoms with E-state index in [1.807, 2.05) is 32.0 Å². The van der Waals surface area contributed by atoms with Crippen molar-refractivity contribution in [2.24, 2.45) is 11.0 Å². The van der Waals surface area contributed by atoms with Gasteiger partial charge in [0.15, 0.2) is 0 Å². The van der Waals surface area contributed by atoms with Gasteiger partial charge in [-0.3, -0.25) is 4.79 Å². The first-order valence-corrected chi connectivity index (χ1v) is 8.79. The molecular formula is C15H18N4O2S. The maximum atomic E-state index is 11.9. The summed E-state index contributed by atoms with van der Waals surface area (Å²) in [7, 11) is 0. The molecule has 1 aliphatic heterocycles. The number of hydrazone groups is 1. The van der Waals surface area contributed by atoms with Crippen molar-refractivity contribution in [2.75, 3.05) is 6.26 Å². The van der Waals surface area contributed by atoms with Gasteiger partial charge in [-0.25, -0.2) is 5.43 Å². The minimum Gasteiger partial charge on any atom is -0.610 e. The predicted molar refractivity (Wildman–Crippen MR) is 85.4 cm³/mol. The molecule has 6 nitrogen and oxygen atoms in total. The predicted octanol–water partition coefficient (Wildman–Crippen LogP) is 1.49. The minimum absolute atomic E-state index is 0.0375. The molecule has 0 radical (unpaired) electrons. The molecule has 116 valence electrons. The number of aryl methyl sites for hydroxylation is 1. The lowest BCUT2D eigenvalue weighted by Crippen LogP contribution is -2.32. The zero-order valence-electron chi connectivity index (χ0n) is 12.8. The molecule has 0 aliphatic carbocycles. The maximum Gasteiger partial charge on any atom is 0.245 e. The molecule has 0 bridgehead atoms. The second kappa shape index (κ2) is 5.73. The summed E-state index contributed by atoms with van der Waals surface area (Å²) in [6.07, 6.45) is 2.86. The van der Waals surface area contributed by atoms with Crippen LogP contribution in [-0.4, -0.2) is 32.0 Å². The highest BCUT2D eigenvalue weighted by Crippen LogP contribution is 2.24. The van der Waals surface area contributed by atoms with Gasteiger partial charge >= 0.3 is 0 Å². The molecule has 0 aromatic carbocycles. The Hall–Kier alpha value is -1.86. The van der Waals surface area contributed by atoms with Gasteiger partial charge in [-0.15, -0.1) is 0 Å². The van der Waals surface area contributed by atoms with E-state index in [0.717, 1.165) is 28.9 Å². The van der Waals surface area contributed by atoms with Crippen molar-refractivity contribution in [3.63, 3.8) is 0 Å². The van der Waals surface area contributed by atoms with Gasteiger partial charge < -0.3 is 4.55 Å². The van der Waals surface area contributed by atoms with Crippen LogP contribution in [0.25, 0.3) is 5.52 Å². The van der Waals surface area contributed by atoms with Gasteiger partial charge in [-0.1, -0.05) is 13.8 Å². The van der Waals surface area contributed by atoms with Gasteiger partial charge in [0.05, 0.1) is 16.9 Å². The second-order valence-electron chi connectivity index (χ2n) is 5.46. The van der Waals surface area contributed by atoms with E-state index < -0.39 is 11.2 Å². The molecule has 1 amide bonds. The first kappa shape index (κ1) is 15.1. The Labute approximate surface area is 131 Å². The molecule has 3 heterocycles. The molecule has 22 heavy (non-hydrogen) atoms. The molecule has 3 rings (SSSR count). The molecule has 2 aromatic rings. The molecule has 0 saturated heterocycles. The number of pyridine rings is 1. The quantitative estimate of drug-likeness (QED) is 0.871. The molecule has 0 spiro atoms. The summed E-state index contributed by atoms with van der Waals surface area (Å²) in [4.78, 5) is 11.4. The molecule has 0 fully saturated rings. The highest BCUT2D eigenvalue weighted by atomic mass is 32.2. The summed E-state index contributed by atoms with van der Waals surface area (Å²) in [6, 6.07) is 5.73. The van der Waals surface area contributed by atoms with E-state index in [1.165, 1.54) is 0 Å². The highest BCUT2D eigenvalue weighted by molar-refractivity contribution is 7.90. The number of hydrogen-bond acceptors (Lipinski definition) is 4. The standard InChI is InChI=1S/C15H18N4O2S/c1-4-10-8-12-11(15-9(2)7-13(20)16-17-15)5-6-14(22(3)21)19(12)18-10/h5-6,8-9H,4,7H2,1-3H3,(H,16,20). The van der Waals surface area contributed by atoms with E-state index in [2.05, 4.69) is 15.6 Å². The lowest BCUT2D eigenvalue weighted by Gasteiger charge is -2.20. The van der Waals surface area contributed by atoms with Crippen LogP contribution in [0.3, 0.4) is 0 Å². The number of amides is 1. The van der Waals surface area contributed by atoms with Crippen LogP contribution in [0.4, 0.5) is 0 Å². The zero-order chi connectivity index (χ0) is 15.9. The Morgan fingerprint density at radius 2 is 2.27 bits per heavy atom. The topological polar surface area (TPSA) is 81.8 Å². The molecule has 0 saturated carbocycles. The summed E-state index contributed by atoms with van der Waals surface area (Å²) in [5, 5.41) is 9.41. The lowest BCUT2D eigenvalue weighted by atomic mass is 9.94. The fourth-order valence-electron chi connectivity index (χ4n) is 2.69. The van der Waals surface area contributed by atoms with Crippen LogP contribution >= 0.6 is 0 Å². The van der Waals surface area contributed by atoms with Crippen molar-refractivity contribution in [1.29, 1.82) is 0 Å². The fourth-order valence-corrected chi connectivity index (χ4v) is 3.33. The van der Waals surface area contributed by atoms with Crippen LogP contribution in [0.2, 0.25) is 0 Å². The number of nitrogens with one attached hydrogen (secondary N) is 1. The van der Waals surface area contributed by atoms with E-state index in [9.17, 15) is 9.35 Å². The molecule has 2 unspecified atom stereocenters. The molecule has 1 aliphatic rings. The number of nitrogens with zero attached hydrogens (tertiary/aromatic N) is 3. The number of carbonyl (C=O) groups is 1. The maximum absolute atomic E-state index is 11.9. The Kier molecular flexibility index (Phi) is 3.92. The normalized spacial score (nSPS) is 19.9. The van der Waals surface area contributed by atoms with Crippen molar-refractivity contribution in [2.45, 2.75) is 31.7 Å². The van der Waals surface area contributed by atoms with Crippen LogP contribution in [0.5, 0.6) is 0 Å². The Morgan fingerprint density at radius 1 is 1.50 bits per heavy atom. The number of rotatable bonds is 3. The van der Waals surface area contributed by atoms with E-state index >= 15 is 0 Å². The highest BCUT2D eigenvalue weighted by Gasteiger charge is 2.25. The Bertz CT molecular complexity index is 766. The van der Waals surface area contributed by atoms with Gasteiger partial charge in [0, 0.05) is 35.1 Å². The zero-order valence-corrected chi connectivity index (χ0v) is 13.6. The summed E-state index contributed by atoms with van der Waals surface area (Å²) in [6.45, 7) is 4.02. The van der Waals surface area contributed by atoms with Gasteiger partial charge in [0.25, 0.3) is 0 Å². The van der Waals surface area contributed by atoms with Crippen molar-refractivity contribution < 1.29 is 9.35 Å². The Balaban J connectivity index is 2.21. The van der Waals surface area contributed by atoms with Crippen LogP contribution in [-0.2, 0) is 22.4 Å². The monoisotopic (exact) mass is 318 g/mol. The van der Waals surface area contributed by atoms with Crippen molar-refractivity contribution in [3.05, 3.63) is 29.5 Å². The number of aromatic nitrogens is 2. The van der Waals surface area contributed by atoms with Crippen LogP contribution < -0.4 is 5.43 Å². The average Bonchev–Trinajstić information content (AvgIpc) is 2.90. The smallest absolute Gasteiger partial charge is 0.245 e. The fraction of sp³-hybridized carbons (Fsp3) is 0.400. The summed E-state index contributed by atoms with van der Waals surface area (Å²) >= 11 is -1.13. The number of fused-ring (bicyclic) bond motifs is 1. The summed E-state index contributed by atoms with van der Waals surface area (Å²) in [5.41, 5.74) is 6.12. The van der Waals surface area contributed by atoms with Crippen LogP contribution in [0.15, 0.2) is 28.3 Å². The summed E-state index contributed by atoms with van der Waals surface area (Å²) < 4.78 is 13.6. The molecule has 2 aromatic heterocycles. The largest absolute Gasteiger partial charge is 0.610 e. The average molecular weight is 318 g/mol.